The summed E-state index contributed by atoms with van der Waals surface area (Å²) in [6.45, 7) is 6.04. The van der Waals surface area contributed by atoms with Crippen molar-refractivity contribution in [3.8, 4) is 0 Å². The molecule has 124 valence electrons. The number of carbonyl (C=O) groups excluding carboxylic acids is 1. The Morgan fingerprint density at radius 3 is 2.10 bits per heavy atom. The minimum Gasteiger partial charge on any atom is -0.525 e. The van der Waals surface area contributed by atoms with E-state index in [9.17, 15) is 4.79 Å². The van der Waals surface area contributed by atoms with Crippen LogP contribution in [0.1, 0.15) is 58.3 Å². The standard InChI is InChI=1S/C16H32O4Si/c1-5-7-8-9-10-11-12-13-14(6-2)16(18-3,19-4)15(17)20-21/h6,14H,2,5,7-13H2,1,3-4,21H3. The van der Waals surface area contributed by atoms with E-state index in [4.69, 9.17) is 13.9 Å². The molecule has 0 amide bonds. The largest absolute Gasteiger partial charge is 0.525 e. The van der Waals surface area contributed by atoms with Crippen LogP contribution in [0.3, 0.4) is 0 Å². The fourth-order valence-electron chi connectivity index (χ4n) is 2.63. The minimum absolute atomic E-state index is 0.190. The van der Waals surface area contributed by atoms with Gasteiger partial charge in [-0.3, -0.25) is 0 Å². The van der Waals surface area contributed by atoms with Crippen LogP contribution in [0.5, 0.6) is 0 Å². The molecule has 0 spiro atoms. The van der Waals surface area contributed by atoms with Gasteiger partial charge in [0.1, 0.15) is 0 Å². The zero-order valence-corrected chi connectivity index (χ0v) is 16.2. The lowest BCUT2D eigenvalue weighted by Crippen LogP contribution is -2.49. The third kappa shape index (κ3) is 6.32. The van der Waals surface area contributed by atoms with E-state index in [-0.39, 0.29) is 5.92 Å². The first-order valence-electron chi connectivity index (χ1n) is 7.94. The highest BCUT2D eigenvalue weighted by molar-refractivity contribution is 6.06. The molecule has 4 nitrogen and oxygen atoms in total. The molecule has 0 aromatic heterocycles. The maximum Gasteiger partial charge on any atom is 0.353 e. The first-order chi connectivity index (χ1) is 10.1. The monoisotopic (exact) mass is 316 g/mol. The molecule has 0 saturated carbocycles. The molecule has 5 heteroatoms. The smallest absolute Gasteiger partial charge is 0.353 e. The Labute approximate surface area is 132 Å². The van der Waals surface area contributed by atoms with Gasteiger partial charge in [-0.25, -0.2) is 4.79 Å². The van der Waals surface area contributed by atoms with Crippen LogP contribution < -0.4 is 0 Å². The zero-order chi connectivity index (χ0) is 16.1. The third-order valence-corrected chi connectivity index (χ3v) is 4.34. The van der Waals surface area contributed by atoms with Crippen LogP contribution in [0.2, 0.25) is 0 Å². The maximum atomic E-state index is 12.0. The van der Waals surface area contributed by atoms with Gasteiger partial charge in [0, 0.05) is 20.1 Å². The van der Waals surface area contributed by atoms with Gasteiger partial charge in [-0.1, -0.05) is 57.9 Å². The van der Waals surface area contributed by atoms with Crippen molar-refractivity contribution in [2.24, 2.45) is 5.92 Å². The topological polar surface area (TPSA) is 44.8 Å². The van der Waals surface area contributed by atoms with E-state index < -0.39 is 11.8 Å². The molecular formula is C16H32O4Si. The number of hydrogen-bond donors (Lipinski definition) is 0. The van der Waals surface area contributed by atoms with Gasteiger partial charge in [-0.05, 0) is 6.42 Å². The number of carbonyl (C=O) groups is 1. The van der Waals surface area contributed by atoms with Crippen molar-refractivity contribution in [3.63, 3.8) is 0 Å². The highest BCUT2D eigenvalue weighted by atomic mass is 28.2. The van der Waals surface area contributed by atoms with E-state index in [1.54, 1.807) is 6.08 Å². The Kier molecular flexibility index (Phi) is 11.6. The Morgan fingerprint density at radius 2 is 1.67 bits per heavy atom. The second-order valence-electron chi connectivity index (χ2n) is 5.32. The van der Waals surface area contributed by atoms with Crippen LogP contribution in [0.4, 0.5) is 0 Å². The number of hydrogen-bond acceptors (Lipinski definition) is 4. The summed E-state index contributed by atoms with van der Waals surface area (Å²) in [7, 11) is 3.27. The highest BCUT2D eigenvalue weighted by Gasteiger charge is 2.46. The molecule has 0 heterocycles. The highest BCUT2D eigenvalue weighted by Crippen LogP contribution is 2.30. The van der Waals surface area contributed by atoms with E-state index in [2.05, 4.69) is 13.5 Å². The van der Waals surface area contributed by atoms with Crippen LogP contribution in [0.15, 0.2) is 12.7 Å². The third-order valence-electron chi connectivity index (χ3n) is 3.97. The van der Waals surface area contributed by atoms with Gasteiger partial charge in [0.15, 0.2) is 0 Å². The zero-order valence-electron chi connectivity index (χ0n) is 14.2. The van der Waals surface area contributed by atoms with E-state index in [0.29, 0.717) is 10.5 Å². The van der Waals surface area contributed by atoms with Gasteiger partial charge in [0.2, 0.25) is 10.5 Å². The minimum atomic E-state index is -1.34. The average molecular weight is 317 g/mol. The number of rotatable bonds is 13. The summed E-state index contributed by atoms with van der Waals surface area (Å²) in [5, 5.41) is 0. The first-order valence-corrected chi connectivity index (χ1v) is 8.75. The summed E-state index contributed by atoms with van der Waals surface area (Å²) in [4.78, 5) is 12.0. The van der Waals surface area contributed by atoms with E-state index in [1.165, 1.54) is 46.3 Å². The fraction of sp³-hybridized carbons (Fsp3) is 0.812. The quantitative estimate of drug-likeness (QED) is 0.227. The predicted molar refractivity (Wildman–Crippen MR) is 89.1 cm³/mol. The summed E-state index contributed by atoms with van der Waals surface area (Å²) in [5.74, 6) is -1.98. The van der Waals surface area contributed by atoms with Gasteiger partial charge < -0.3 is 13.9 Å². The molecule has 0 aliphatic carbocycles. The molecule has 0 N–H and O–H groups in total. The van der Waals surface area contributed by atoms with E-state index in [0.717, 1.165) is 19.3 Å². The van der Waals surface area contributed by atoms with Crippen LogP contribution in [0.25, 0.3) is 0 Å². The number of unbranched alkanes of at least 4 members (excludes halogenated alkanes) is 6. The van der Waals surface area contributed by atoms with Crippen molar-refractivity contribution < 1.29 is 18.7 Å². The van der Waals surface area contributed by atoms with E-state index in [1.807, 2.05) is 0 Å². The molecule has 0 fully saturated rings. The Bertz CT molecular complexity index is 290. The molecule has 1 unspecified atom stereocenters. The lowest BCUT2D eigenvalue weighted by molar-refractivity contribution is -0.238. The van der Waals surface area contributed by atoms with Gasteiger partial charge >= 0.3 is 5.97 Å². The van der Waals surface area contributed by atoms with Crippen LogP contribution in [0, 0.1) is 5.92 Å². The molecule has 0 aromatic rings. The number of methoxy groups -OCH3 is 2. The molecule has 21 heavy (non-hydrogen) atoms. The Morgan fingerprint density at radius 1 is 1.14 bits per heavy atom. The summed E-state index contributed by atoms with van der Waals surface area (Å²) in [6.07, 6.45) is 11.2. The molecule has 0 aromatic carbocycles. The average Bonchev–Trinajstić information content (AvgIpc) is 2.52. The summed E-state index contributed by atoms with van der Waals surface area (Å²) in [6, 6.07) is 0. The van der Waals surface area contributed by atoms with Crippen LogP contribution in [-0.2, 0) is 18.7 Å². The second-order valence-corrected chi connectivity index (χ2v) is 5.73. The number of ether oxygens (including phenoxy) is 2. The molecule has 0 bridgehead atoms. The molecule has 0 radical (unpaired) electrons. The molecule has 0 aliphatic heterocycles. The van der Waals surface area contributed by atoms with Crippen molar-refractivity contribution in [2.75, 3.05) is 14.2 Å². The fourth-order valence-corrected chi connectivity index (χ4v) is 2.92. The predicted octanol–water partition coefficient (Wildman–Crippen LogP) is 2.74. The summed E-state index contributed by atoms with van der Waals surface area (Å²) >= 11 is 0. The van der Waals surface area contributed by atoms with Crippen molar-refractivity contribution >= 4 is 16.5 Å². The summed E-state index contributed by atoms with van der Waals surface area (Å²) in [5.41, 5.74) is 0. The van der Waals surface area contributed by atoms with Crippen molar-refractivity contribution in [3.05, 3.63) is 12.7 Å². The normalized spacial score (nSPS) is 13.1. The van der Waals surface area contributed by atoms with Crippen molar-refractivity contribution in [2.45, 2.75) is 64.1 Å². The second kappa shape index (κ2) is 11.9. The van der Waals surface area contributed by atoms with E-state index >= 15 is 0 Å². The first kappa shape index (κ1) is 20.3. The Hall–Kier alpha value is -0.653. The molecular weight excluding hydrogens is 284 g/mol. The van der Waals surface area contributed by atoms with Crippen LogP contribution in [-0.4, -0.2) is 36.5 Å². The van der Waals surface area contributed by atoms with Crippen LogP contribution >= 0.6 is 0 Å². The van der Waals surface area contributed by atoms with Gasteiger partial charge in [0.25, 0.3) is 5.79 Å². The molecule has 1 atom stereocenters. The maximum absolute atomic E-state index is 12.0. The van der Waals surface area contributed by atoms with Gasteiger partial charge in [0.05, 0.1) is 0 Å². The van der Waals surface area contributed by atoms with Gasteiger partial charge in [-0.15, -0.1) is 6.58 Å². The lowest BCUT2D eigenvalue weighted by atomic mass is 9.91. The SMILES string of the molecule is C=CC(CCCCCCCCC)C(OC)(OC)C(=O)O[SiH3]. The van der Waals surface area contributed by atoms with Gasteiger partial charge in [-0.2, -0.15) is 0 Å². The summed E-state index contributed by atoms with van der Waals surface area (Å²) < 4.78 is 15.7. The molecule has 0 aliphatic rings. The molecule has 0 saturated heterocycles. The van der Waals surface area contributed by atoms with Crippen molar-refractivity contribution in [1.29, 1.82) is 0 Å². The Balaban J connectivity index is 4.34. The lowest BCUT2D eigenvalue weighted by Gasteiger charge is -2.34. The molecule has 0 rings (SSSR count). The van der Waals surface area contributed by atoms with Crippen molar-refractivity contribution in [1.82, 2.24) is 0 Å².